The van der Waals surface area contributed by atoms with Gasteiger partial charge >= 0.3 is 0 Å². The first-order valence-corrected chi connectivity index (χ1v) is 11.2. The minimum absolute atomic E-state index is 0.0705. The van der Waals surface area contributed by atoms with E-state index in [1.165, 1.54) is 6.20 Å². The van der Waals surface area contributed by atoms with Crippen LogP contribution in [0.2, 0.25) is 5.02 Å². The normalized spacial score (nSPS) is 15.7. The van der Waals surface area contributed by atoms with Gasteiger partial charge in [0.25, 0.3) is 5.91 Å². The predicted octanol–water partition coefficient (Wildman–Crippen LogP) is 3.78. The van der Waals surface area contributed by atoms with Crippen LogP contribution in [0.3, 0.4) is 0 Å². The summed E-state index contributed by atoms with van der Waals surface area (Å²) < 4.78 is 1.87. The molecule has 0 saturated carbocycles. The number of piperidine rings is 1. The van der Waals surface area contributed by atoms with Crippen LogP contribution in [-0.2, 0) is 0 Å². The van der Waals surface area contributed by atoms with E-state index in [9.17, 15) is 10.1 Å². The number of nitrogens with one attached hydrogen (secondary N) is 2. The Morgan fingerprint density at radius 2 is 2.18 bits per heavy atom. The van der Waals surface area contributed by atoms with E-state index >= 15 is 0 Å². The monoisotopic (exact) mass is 472 g/mol. The third-order valence-corrected chi connectivity index (χ3v) is 6.20. The van der Waals surface area contributed by atoms with Crippen molar-refractivity contribution in [3.8, 4) is 17.3 Å². The van der Waals surface area contributed by atoms with Crippen molar-refractivity contribution in [2.45, 2.75) is 18.9 Å². The van der Waals surface area contributed by atoms with Crippen molar-refractivity contribution in [2.75, 3.05) is 24.1 Å². The number of nitriles is 1. The molecule has 5 rings (SSSR count). The summed E-state index contributed by atoms with van der Waals surface area (Å²) in [6, 6.07) is 12.5. The van der Waals surface area contributed by atoms with Crippen LogP contribution >= 0.6 is 11.6 Å². The highest BCUT2D eigenvalue weighted by atomic mass is 35.5. The zero-order valence-corrected chi connectivity index (χ0v) is 18.9. The number of hydrogen-bond donors (Lipinski definition) is 3. The maximum Gasteiger partial charge on any atom is 0.256 e. The van der Waals surface area contributed by atoms with Crippen molar-refractivity contribution in [2.24, 2.45) is 0 Å². The summed E-state index contributed by atoms with van der Waals surface area (Å²) in [7, 11) is 0. The van der Waals surface area contributed by atoms with Crippen LogP contribution in [-0.4, -0.2) is 38.7 Å². The standard InChI is InChI=1S/C24H21ClN8O/c25-18-10-14(24(34)31-19-5-1-2-9-29-19)6-7-17(18)21-20-22(15(11-26)12-30-23(20)27)33(32-21)16-4-3-8-28-13-16/h1-2,5-7,9-10,12,16,28H,3-4,8,13H2,(H2,27,30)(H,29,31,34). The van der Waals surface area contributed by atoms with Gasteiger partial charge in [0.1, 0.15) is 23.4 Å². The van der Waals surface area contributed by atoms with Gasteiger partial charge in [0.05, 0.1) is 27.5 Å². The van der Waals surface area contributed by atoms with E-state index in [1.54, 1.807) is 42.6 Å². The quantitative estimate of drug-likeness (QED) is 0.411. The highest BCUT2D eigenvalue weighted by Gasteiger charge is 2.26. The Kier molecular flexibility index (Phi) is 5.84. The van der Waals surface area contributed by atoms with Gasteiger partial charge in [0.2, 0.25) is 0 Å². The van der Waals surface area contributed by atoms with Crippen molar-refractivity contribution in [3.63, 3.8) is 0 Å². The van der Waals surface area contributed by atoms with Gasteiger partial charge in [-0.3, -0.25) is 9.48 Å². The van der Waals surface area contributed by atoms with Crippen LogP contribution in [0.4, 0.5) is 11.6 Å². The second-order valence-corrected chi connectivity index (χ2v) is 8.46. The molecule has 1 aliphatic rings. The van der Waals surface area contributed by atoms with Crippen LogP contribution < -0.4 is 16.4 Å². The molecule has 1 aliphatic heterocycles. The number of hydrogen-bond acceptors (Lipinski definition) is 7. The molecule has 0 spiro atoms. The van der Waals surface area contributed by atoms with Crippen molar-refractivity contribution in [3.05, 3.63) is 64.9 Å². The molecule has 4 aromatic rings. The fourth-order valence-electron chi connectivity index (χ4n) is 4.25. The number of aromatic nitrogens is 4. The first kappa shape index (κ1) is 21.8. The summed E-state index contributed by atoms with van der Waals surface area (Å²) in [5.74, 6) is 0.386. The second-order valence-electron chi connectivity index (χ2n) is 8.05. The number of nitrogens with zero attached hydrogens (tertiary/aromatic N) is 5. The first-order chi connectivity index (χ1) is 16.6. The lowest BCUT2D eigenvalue weighted by atomic mass is 10.0. The van der Waals surface area contributed by atoms with Crippen LogP contribution in [0.15, 0.2) is 48.8 Å². The molecule has 1 aromatic carbocycles. The summed E-state index contributed by atoms with van der Waals surface area (Å²) in [5.41, 5.74) is 8.83. The smallest absolute Gasteiger partial charge is 0.256 e. The van der Waals surface area contributed by atoms with Crippen LogP contribution in [0.25, 0.3) is 22.2 Å². The van der Waals surface area contributed by atoms with Crippen molar-refractivity contribution in [1.29, 1.82) is 5.26 Å². The molecule has 4 heterocycles. The topological polar surface area (TPSA) is 135 Å². The summed E-state index contributed by atoms with van der Waals surface area (Å²) >= 11 is 6.65. The molecule has 0 radical (unpaired) electrons. The molecule has 170 valence electrons. The van der Waals surface area contributed by atoms with Crippen LogP contribution in [0.1, 0.15) is 34.8 Å². The molecule has 0 aliphatic carbocycles. The van der Waals surface area contributed by atoms with Crippen LogP contribution in [0.5, 0.6) is 0 Å². The minimum Gasteiger partial charge on any atom is -0.383 e. The second kappa shape index (κ2) is 9.09. The van der Waals surface area contributed by atoms with Gasteiger partial charge in [0, 0.05) is 30.1 Å². The number of benzene rings is 1. The number of carbonyl (C=O) groups excluding carboxylic acids is 1. The summed E-state index contributed by atoms with van der Waals surface area (Å²) in [6.07, 6.45) is 5.01. The summed E-state index contributed by atoms with van der Waals surface area (Å²) in [4.78, 5) is 21.0. The molecule has 1 amide bonds. The highest BCUT2D eigenvalue weighted by molar-refractivity contribution is 6.34. The maximum absolute atomic E-state index is 12.7. The molecule has 4 N–H and O–H groups in total. The number of pyridine rings is 2. The fourth-order valence-corrected chi connectivity index (χ4v) is 4.52. The third-order valence-electron chi connectivity index (χ3n) is 5.88. The number of fused-ring (bicyclic) bond motifs is 1. The molecule has 34 heavy (non-hydrogen) atoms. The molecule has 1 fully saturated rings. The van der Waals surface area contributed by atoms with E-state index in [2.05, 4.69) is 26.7 Å². The van der Waals surface area contributed by atoms with Crippen LogP contribution in [0, 0.1) is 11.3 Å². The largest absolute Gasteiger partial charge is 0.383 e. The van der Waals surface area contributed by atoms with Gasteiger partial charge < -0.3 is 16.4 Å². The SMILES string of the molecule is N#Cc1cnc(N)c2c(-c3ccc(C(=O)Nc4ccccn4)cc3Cl)nn(C3CCCNC3)c12. The van der Waals surface area contributed by atoms with E-state index in [4.69, 9.17) is 22.4 Å². The van der Waals surface area contributed by atoms with Gasteiger partial charge in [-0.15, -0.1) is 0 Å². The molecule has 9 nitrogen and oxygen atoms in total. The lowest BCUT2D eigenvalue weighted by Crippen LogP contribution is -2.32. The summed E-state index contributed by atoms with van der Waals surface area (Å²) in [6.45, 7) is 1.69. The fraction of sp³-hybridized carbons (Fsp3) is 0.208. The number of amides is 1. The van der Waals surface area contributed by atoms with E-state index < -0.39 is 0 Å². The van der Waals surface area contributed by atoms with Gasteiger partial charge in [-0.2, -0.15) is 10.4 Å². The van der Waals surface area contributed by atoms with Crippen molar-refractivity contribution >= 4 is 40.0 Å². The van der Waals surface area contributed by atoms with Gasteiger partial charge in [-0.25, -0.2) is 9.97 Å². The lowest BCUT2D eigenvalue weighted by Gasteiger charge is -2.24. The Morgan fingerprint density at radius 3 is 2.88 bits per heavy atom. The molecule has 1 unspecified atom stereocenters. The average molecular weight is 473 g/mol. The number of rotatable bonds is 4. The zero-order valence-electron chi connectivity index (χ0n) is 18.1. The maximum atomic E-state index is 12.7. The molecular formula is C24H21ClN8O. The lowest BCUT2D eigenvalue weighted by molar-refractivity contribution is 0.102. The number of anilines is 2. The highest BCUT2D eigenvalue weighted by Crippen LogP contribution is 2.38. The van der Waals surface area contributed by atoms with Gasteiger partial charge in [0.15, 0.2) is 0 Å². The first-order valence-electron chi connectivity index (χ1n) is 10.9. The van der Waals surface area contributed by atoms with E-state index in [1.807, 2.05) is 4.68 Å². The molecule has 10 heteroatoms. The minimum atomic E-state index is -0.330. The molecule has 1 saturated heterocycles. The molecule has 3 aromatic heterocycles. The van der Waals surface area contributed by atoms with Crippen molar-refractivity contribution < 1.29 is 4.79 Å². The average Bonchev–Trinajstić information content (AvgIpc) is 3.27. The summed E-state index contributed by atoms with van der Waals surface area (Å²) in [5, 5.41) is 21.7. The van der Waals surface area contributed by atoms with E-state index in [0.717, 1.165) is 25.9 Å². The Hall–Kier alpha value is -4.00. The van der Waals surface area contributed by atoms with E-state index in [0.29, 0.717) is 44.1 Å². The van der Waals surface area contributed by atoms with Crippen molar-refractivity contribution in [1.82, 2.24) is 25.1 Å². The number of halogens is 1. The number of nitrogens with two attached hydrogens (primary N) is 1. The Morgan fingerprint density at radius 1 is 1.29 bits per heavy atom. The van der Waals surface area contributed by atoms with Gasteiger partial charge in [-0.1, -0.05) is 23.7 Å². The predicted molar refractivity (Wildman–Crippen MR) is 130 cm³/mol. The Labute approximate surface area is 200 Å². The molecule has 0 bridgehead atoms. The Bertz CT molecular complexity index is 1420. The Balaban J connectivity index is 1.59. The number of nitrogen functional groups attached to an aromatic ring is 1. The molecular weight excluding hydrogens is 452 g/mol. The zero-order chi connectivity index (χ0) is 23.7. The number of carbonyl (C=O) groups is 1. The van der Waals surface area contributed by atoms with Gasteiger partial charge in [-0.05, 0) is 43.7 Å². The molecule has 1 atom stereocenters. The third kappa shape index (κ3) is 3.94. The van der Waals surface area contributed by atoms with E-state index in [-0.39, 0.29) is 17.8 Å².